The number of hydrogen-bond donors (Lipinski definition) is 1. The predicted octanol–water partition coefficient (Wildman–Crippen LogP) is 2.05. The van der Waals surface area contributed by atoms with Crippen LogP contribution in [0.25, 0.3) is 0 Å². The van der Waals surface area contributed by atoms with Gasteiger partial charge in [0.2, 0.25) is 0 Å². The van der Waals surface area contributed by atoms with Crippen molar-refractivity contribution in [3.8, 4) is 11.5 Å². The molecule has 0 bridgehead atoms. The second-order valence-corrected chi connectivity index (χ2v) is 3.98. The van der Waals surface area contributed by atoms with Gasteiger partial charge in [-0.3, -0.25) is 0 Å². The second kappa shape index (κ2) is 4.87. The number of nitrogens with zero attached hydrogens (tertiary/aromatic N) is 1. The van der Waals surface area contributed by atoms with E-state index in [1.807, 2.05) is 24.4 Å². The summed E-state index contributed by atoms with van der Waals surface area (Å²) in [5, 5.41) is 9.70. The minimum atomic E-state index is 0.180. The molecule has 0 amide bonds. The van der Waals surface area contributed by atoms with Gasteiger partial charge in [0.25, 0.3) is 0 Å². The molecule has 1 heterocycles. The lowest BCUT2D eigenvalue weighted by Crippen LogP contribution is -2.36. The lowest BCUT2D eigenvalue weighted by molar-refractivity contribution is -0.694. The average Bonchev–Trinajstić information content (AvgIpc) is 2.32. The van der Waals surface area contributed by atoms with Crippen LogP contribution in [0.4, 0.5) is 0 Å². The van der Waals surface area contributed by atoms with Crippen LogP contribution in [0.15, 0.2) is 42.6 Å². The van der Waals surface area contributed by atoms with Gasteiger partial charge in [-0.05, 0) is 18.2 Å². The lowest BCUT2D eigenvalue weighted by atomic mass is 10.2. The minimum absolute atomic E-state index is 0.180. The number of phenolic OH excluding ortho intramolecular Hbond substituents is 1. The van der Waals surface area contributed by atoms with Gasteiger partial charge in [-0.15, -0.1) is 0 Å². The van der Waals surface area contributed by atoms with Crippen LogP contribution in [0.5, 0.6) is 11.5 Å². The van der Waals surface area contributed by atoms with Crippen molar-refractivity contribution in [2.45, 2.75) is 13.5 Å². The summed E-state index contributed by atoms with van der Waals surface area (Å²) in [6, 6.07) is 11.5. The summed E-state index contributed by atoms with van der Waals surface area (Å²) >= 11 is 0. The van der Waals surface area contributed by atoms with Crippen LogP contribution in [-0.4, -0.2) is 12.2 Å². The van der Waals surface area contributed by atoms with Crippen LogP contribution in [0, 0.1) is 6.92 Å². The number of methoxy groups -OCH3 is 1. The number of aromatic nitrogens is 1. The fraction of sp³-hybridized carbons (Fsp3) is 0.214. The van der Waals surface area contributed by atoms with Gasteiger partial charge in [-0.2, -0.15) is 4.57 Å². The number of ether oxygens (including phenoxy) is 1. The van der Waals surface area contributed by atoms with E-state index in [1.54, 1.807) is 19.2 Å². The van der Waals surface area contributed by atoms with Gasteiger partial charge in [0.15, 0.2) is 29.9 Å². The third kappa shape index (κ3) is 2.56. The standard InChI is InChI=1S/C14H15NO2/c1-11-5-3-4-8-15(11)10-12-6-7-14(17-2)13(16)9-12/h3-9H,10H2,1-2H3/p+1. The predicted molar refractivity (Wildman–Crippen MR) is 65.1 cm³/mol. The van der Waals surface area contributed by atoms with Gasteiger partial charge in [0.05, 0.1) is 7.11 Å². The zero-order valence-electron chi connectivity index (χ0n) is 10.1. The molecule has 17 heavy (non-hydrogen) atoms. The molecule has 0 atom stereocenters. The fourth-order valence-corrected chi connectivity index (χ4v) is 1.77. The van der Waals surface area contributed by atoms with Crippen molar-refractivity contribution in [3.05, 3.63) is 53.9 Å². The first-order chi connectivity index (χ1) is 8.20. The molecule has 1 aromatic carbocycles. The van der Waals surface area contributed by atoms with Crippen molar-refractivity contribution in [2.75, 3.05) is 7.11 Å². The SMILES string of the molecule is COc1ccc(C[n+]2ccccc2C)cc1O. The molecule has 3 heteroatoms. The maximum atomic E-state index is 9.70. The van der Waals surface area contributed by atoms with Crippen molar-refractivity contribution in [1.29, 1.82) is 0 Å². The molecule has 0 fully saturated rings. The number of hydrogen-bond acceptors (Lipinski definition) is 2. The monoisotopic (exact) mass is 230 g/mol. The van der Waals surface area contributed by atoms with Crippen molar-refractivity contribution in [3.63, 3.8) is 0 Å². The van der Waals surface area contributed by atoms with Crippen molar-refractivity contribution < 1.29 is 14.4 Å². The van der Waals surface area contributed by atoms with Gasteiger partial charge in [0.1, 0.15) is 0 Å². The van der Waals surface area contributed by atoms with Gasteiger partial charge in [-0.1, -0.05) is 6.07 Å². The van der Waals surface area contributed by atoms with E-state index in [2.05, 4.69) is 17.6 Å². The van der Waals surface area contributed by atoms with Crippen LogP contribution in [0.3, 0.4) is 0 Å². The highest BCUT2D eigenvalue weighted by Gasteiger charge is 2.08. The lowest BCUT2D eigenvalue weighted by Gasteiger charge is -2.05. The largest absolute Gasteiger partial charge is 0.504 e. The number of rotatable bonds is 3. The number of phenols is 1. The summed E-state index contributed by atoms with van der Waals surface area (Å²) in [5.74, 6) is 0.683. The molecule has 2 aromatic rings. The van der Waals surface area contributed by atoms with Gasteiger partial charge >= 0.3 is 0 Å². The van der Waals surface area contributed by atoms with E-state index in [1.165, 1.54) is 5.69 Å². The summed E-state index contributed by atoms with van der Waals surface area (Å²) < 4.78 is 7.14. The molecule has 88 valence electrons. The van der Waals surface area contributed by atoms with E-state index in [0.717, 1.165) is 12.1 Å². The van der Waals surface area contributed by atoms with E-state index in [0.29, 0.717) is 5.75 Å². The van der Waals surface area contributed by atoms with Crippen molar-refractivity contribution in [1.82, 2.24) is 0 Å². The van der Waals surface area contributed by atoms with Crippen LogP contribution in [0.2, 0.25) is 0 Å². The summed E-state index contributed by atoms with van der Waals surface area (Å²) in [7, 11) is 1.55. The van der Waals surface area contributed by atoms with Gasteiger partial charge in [-0.25, -0.2) is 0 Å². The quantitative estimate of drug-likeness (QED) is 0.819. The summed E-state index contributed by atoms with van der Waals surface area (Å²) in [6.07, 6.45) is 2.02. The molecule has 0 saturated heterocycles. The molecule has 1 aromatic heterocycles. The van der Waals surface area contributed by atoms with Crippen molar-refractivity contribution >= 4 is 0 Å². The molecule has 0 spiro atoms. The highest BCUT2D eigenvalue weighted by Crippen LogP contribution is 2.25. The Kier molecular flexibility index (Phi) is 3.28. The van der Waals surface area contributed by atoms with E-state index in [-0.39, 0.29) is 5.75 Å². The highest BCUT2D eigenvalue weighted by molar-refractivity contribution is 5.41. The number of aromatic hydroxyl groups is 1. The first-order valence-corrected chi connectivity index (χ1v) is 5.51. The maximum absolute atomic E-state index is 9.70. The molecular formula is C14H16NO2+. The Morgan fingerprint density at radius 2 is 2.06 bits per heavy atom. The number of benzene rings is 1. The molecule has 0 aliphatic heterocycles. The zero-order valence-corrected chi connectivity index (χ0v) is 10.1. The Bertz CT molecular complexity index is 523. The smallest absolute Gasteiger partial charge is 0.178 e. The highest BCUT2D eigenvalue weighted by atomic mass is 16.5. The van der Waals surface area contributed by atoms with Crippen LogP contribution >= 0.6 is 0 Å². The Hall–Kier alpha value is -2.03. The van der Waals surface area contributed by atoms with Crippen LogP contribution in [-0.2, 0) is 6.54 Å². The summed E-state index contributed by atoms with van der Waals surface area (Å²) in [4.78, 5) is 0. The molecule has 1 N–H and O–H groups in total. The first-order valence-electron chi connectivity index (χ1n) is 5.51. The number of pyridine rings is 1. The topological polar surface area (TPSA) is 33.3 Å². The van der Waals surface area contributed by atoms with E-state index in [9.17, 15) is 5.11 Å². The summed E-state index contributed by atoms with van der Waals surface area (Å²) in [6.45, 7) is 2.80. The average molecular weight is 230 g/mol. The number of aryl methyl sites for hydroxylation is 1. The molecule has 3 nitrogen and oxygen atoms in total. The summed E-state index contributed by atoms with van der Waals surface area (Å²) in [5.41, 5.74) is 2.23. The minimum Gasteiger partial charge on any atom is -0.504 e. The van der Waals surface area contributed by atoms with E-state index >= 15 is 0 Å². The fourth-order valence-electron chi connectivity index (χ4n) is 1.77. The van der Waals surface area contributed by atoms with Crippen molar-refractivity contribution in [2.24, 2.45) is 0 Å². The van der Waals surface area contributed by atoms with Crippen LogP contribution in [0.1, 0.15) is 11.3 Å². The molecule has 0 radical (unpaired) electrons. The van der Waals surface area contributed by atoms with E-state index < -0.39 is 0 Å². The molecule has 2 rings (SSSR count). The zero-order chi connectivity index (χ0) is 12.3. The third-order valence-electron chi connectivity index (χ3n) is 2.76. The van der Waals surface area contributed by atoms with Crippen LogP contribution < -0.4 is 9.30 Å². The second-order valence-electron chi connectivity index (χ2n) is 3.98. The van der Waals surface area contributed by atoms with Gasteiger partial charge in [0, 0.05) is 24.6 Å². The first kappa shape index (κ1) is 11.5. The molecule has 0 aliphatic carbocycles. The van der Waals surface area contributed by atoms with Gasteiger partial charge < -0.3 is 9.84 Å². The Morgan fingerprint density at radius 3 is 2.71 bits per heavy atom. The maximum Gasteiger partial charge on any atom is 0.178 e. The molecule has 0 unspecified atom stereocenters. The molecular weight excluding hydrogens is 214 g/mol. The Balaban J connectivity index is 2.25. The van der Waals surface area contributed by atoms with E-state index in [4.69, 9.17) is 4.74 Å². The molecule has 0 saturated carbocycles. The Morgan fingerprint density at radius 1 is 1.24 bits per heavy atom. The normalized spacial score (nSPS) is 10.2. The molecule has 0 aliphatic rings. The Labute approximate surface area is 101 Å². The third-order valence-corrected chi connectivity index (χ3v) is 2.76.